The van der Waals surface area contributed by atoms with Crippen molar-refractivity contribution in [3.63, 3.8) is 0 Å². The van der Waals surface area contributed by atoms with Crippen LogP contribution in [0.15, 0.2) is 58.3 Å². The van der Waals surface area contributed by atoms with E-state index >= 15 is 0 Å². The fourth-order valence-electron chi connectivity index (χ4n) is 2.46. The first-order valence-electron chi connectivity index (χ1n) is 9.68. The zero-order valence-corrected chi connectivity index (χ0v) is 12.4. The summed E-state index contributed by atoms with van der Waals surface area (Å²) in [6.45, 7) is -3.82. The van der Waals surface area contributed by atoms with Crippen molar-refractivity contribution in [1.29, 1.82) is 0 Å². The summed E-state index contributed by atoms with van der Waals surface area (Å²) < 4.78 is 58.8. The van der Waals surface area contributed by atoms with Crippen LogP contribution in [0.25, 0.3) is 0 Å². The van der Waals surface area contributed by atoms with Crippen LogP contribution in [0.4, 0.5) is 11.4 Å². The van der Waals surface area contributed by atoms with E-state index in [0.717, 1.165) is 0 Å². The van der Waals surface area contributed by atoms with Crippen LogP contribution >= 0.6 is 0 Å². The Morgan fingerprint density at radius 3 is 2.14 bits per heavy atom. The van der Waals surface area contributed by atoms with E-state index < -0.39 is 30.8 Å². The zero-order valence-electron chi connectivity index (χ0n) is 17.6. The second-order valence-corrected chi connectivity index (χ2v) is 6.45. The number of hydrogen-bond donors (Lipinski definition) is 0. The molecule has 3 nitrogen and oxygen atoms in total. The van der Waals surface area contributed by atoms with Crippen LogP contribution in [0.5, 0.6) is 0 Å². The highest BCUT2D eigenvalue weighted by atomic mass is 32.2. The fraction of sp³-hybridized carbons (Fsp3) is 0.294. The van der Waals surface area contributed by atoms with Crippen molar-refractivity contribution in [2.75, 3.05) is 25.4 Å². The summed E-state index contributed by atoms with van der Waals surface area (Å²) in [6, 6.07) is 13.6. The van der Waals surface area contributed by atoms with Gasteiger partial charge in [-0.15, -0.1) is 0 Å². The van der Waals surface area contributed by atoms with E-state index in [1.807, 2.05) is 29.2 Å². The minimum atomic E-state index is -2.76. The molecular weight excluding hydrogens is 280 g/mol. The number of benzene rings is 2. The highest BCUT2D eigenvalue weighted by Gasteiger charge is 2.28. The summed E-state index contributed by atoms with van der Waals surface area (Å²) in [7, 11) is -1.35. The third kappa shape index (κ3) is 2.49. The van der Waals surface area contributed by atoms with Crippen molar-refractivity contribution >= 4 is 22.2 Å². The third-order valence-corrected chi connectivity index (χ3v) is 5.09. The van der Waals surface area contributed by atoms with Crippen molar-refractivity contribution in [3.05, 3.63) is 48.5 Å². The summed E-state index contributed by atoms with van der Waals surface area (Å²) in [5, 5.41) is 0. The smallest absolute Gasteiger partial charge is 0.0892 e. The molecular formula is C17H20N2OS. The molecule has 1 unspecified atom stereocenters. The van der Waals surface area contributed by atoms with Gasteiger partial charge in [0.15, 0.2) is 0 Å². The number of hydrogen-bond acceptors (Lipinski definition) is 3. The van der Waals surface area contributed by atoms with Crippen LogP contribution in [-0.4, -0.2) is 35.6 Å². The van der Waals surface area contributed by atoms with E-state index in [2.05, 4.69) is 0 Å². The van der Waals surface area contributed by atoms with Gasteiger partial charge in [-0.05, 0) is 45.1 Å². The first kappa shape index (κ1) is 8.71. The zero-order chi connectivity index (χ0) is 20.0. The van der Waals surface area contributed by atoms with E-state index in [1.165, 1.54) is 0 Å². The molecule has 0 bridgehead atoms. The maximum absolute atomic E-state index is 12.9. The molecule has 21 heavy (non-hydrogen) atoms. The van der Waals surface area contributed by atoms with Crippen LogP contribution < -0.4 is 4.90 Å². The van der Waals surface area contributed by atoms with Gasteiger partial charge in [0.25, 0.3) is 0 Å². The predicted molar refractivity (Wildman–Crippen MR) is 87.7 cm³/mol. The van der Waals surface area contributed by atoms with Crippen LogP contribution in [0.1, 0.15) is 15.1 Å². The molecule has 1 aliphatic heterocycles. The molecule has 3 rings (SSSR count). The average Bonchev–Trinajstić information content (AvgIpc) is 2.56. The Morgan fingerprint density at radius 1 is 1.10 bits per heavy atom. The highest BCUT2D eigenvalue weighted by molar-refractivity contribution is 7.85. The maximum atomic E-state index is 12.9. The van der Waals surface area contributed by atoms with Crippen molar-refractivity contribution < 1.29 is 12.4 Å². The van der Waals surface area contributed by atoms with Gasteiger partial charge in [-0.1, -0.05) is 24.3 Å². The van der Waals surface area contributed by atoms with Gasteiger partial charge in [-0.25, -0.2) is 4.21 Å². The van der Waals surface area contributed by atoms with Crippen LogP contribution in [0.2, 0.25) is 0 Å². The van der Waals surface area contributed by atoms with Crippen molar-refractivity contribution in [3.8, 4) is 0 Å². The summed E-state index contributed by atoms with van der Waals surface area (Å²) in [5.41, 5.74) is 1.38. The van der Waals surface area contributed by atoms with Crippen LogP contribution in [-0.2, 0) is 10.8 Å². The molecule has 1 aliphatic rings. The molecule has 1 atom stereocenters. The SMILES string of the molecule is [2H]C([2H])([2H])N(C(C)CN1c2ccccc2S(=O)c2ccccc21)C([2H])([2H])[2H]. The molecule has 0 amide bonds. The molecule has 0 aromatic heterocycles. The Morgan fingerprint density at radius 2 is 1.62 bits per heavy atom. The molecule has 0 saturated carbocycles. The van der Waals surface area contributed by atoms with Gasteiger partial charge in [-0.3, -0.25) is 0 Å². The lowest BCUT2D eigenvalue weighted by molar-refractivity contribution is 0.319. The molecule has 0 fully saturated rings. The van der Waals surface area contributed by atoms with Crippen molar-refractivity contribution in [1.82, 2.24) is 4.90 Å². The first-order chi connectivity index (χ1) is 12.5. The summed E-state index contributed by atoms with van der Waals surface area (Å²) >= 11 is 0. The number of rotatable bonds is 3. The van der Waals surface area contributed by atoms with Gasteiger partial charge in [-0.2, -0.15) is 0 Å². The number of likely N-dealkylation sites (N-methyl/N-ethyl adjacent to an activating group) is 1. The number of para-hydroxylation sites is 2. The van der Waals surface area contributed by atoms with Gasteiger partial charge in [0, 0.05) is 20.8 Å². The summed E-state index contributed by atoms with van der Waals surface area (Å²) in [4.78, 5) is 3.67. The first-order valence-corrected chi connectivity index (χ1v) is 7.83. The van der Waals surface area contributed by atoms with E-state index in [-0.39, 0.29) is 6.54 Å². The number of anilines is 2. The van der Waals surface area contributed by atoms with Gasteiger partial charge in [0.05, 0.1) is 32.0 Å². The average molecular weight is 306 g/mol. The Labute approximate surface area is 137 Å². The van der Waals surface area contributed by atoms with Gasteiger partial charge >= 0.3 is 0 Å². The molecule has 0 N–H and O–H groups in total. The molecule has 0 radical (unpaired) electrons. The lowest BCUT2D eigenvalue weighted by Gasteiger charge is -2.35. The van der Waals surface area contributed by atoms with E-state index in [0.29, 0.717) is 26.1 Å². The lowest BCUT2D eigenvalue weighted by Crippen LogP contribution is -2.38. The quantitative estimate of drug-likeness (QED) is 0.869. The maximum Gasteiger partial charge on any atom is 0.0892 e. The highest BCUT2D eigenvalue weighted by Crippen LogP contribution is 2.41. The molecule has 0 spiro atoms. The Balaban J connectivity index is 2.05. The third-order valence-electron chi connectivity index (χ3n) is 3.60. The molecule has 2 aromatic carbocycles. The van der Waals surface area contributed by atoms with E-state index in [4.69, 9.17) is 8.22 Å². The Hall–Kier alpha value is -1.65. The summed E-state index contributed by atoms with van der Waals surface area (Å²) in [5.74, 6) is 0. The number of nitrogens with zero attached hydrogens (tertiary/aromatic N) is 2. The molecule has 1 heterocycles. The number of fused-ring (bicyclic) bond motifs is 2. The van der Waals surface area contributed by atoms with E-state index in [9.17, 15) is 4.21 Å². The monoisotopic (exact) mass is 306 g/mol. The standard InChI is InChI=1S/C17H20N2OS/c1-13(18(2)3)12-19-14-8-4-6-10-16(14)21(20)17-11-7-5-9-15(17)19/h4-11,13H,12H2,1-3H3/i2D3,3D3. The lowest BCUT2D eigenvalue weighted by atomic mass is 10.2. The molecule has 0 saturated heterocycles. The largest absolute Gasteiger partial charge is 0.338 e. The second kappa shape index (κ2) is 5.62. The molecule has 0 aliphatic carbocycles. The normalized spacial score (nSPS) is 21.1. The van der Waals surface area contributed by atoms with Gasteiger partial charge < -0.3 is 9.80 Å². The van der Waals surface area contributed by atoms with Crippen molar-refractivity contribution in [2.24, 2.45) is 0 Å². The topological polar surface area (TPSA) is 23.6 Å². The Kier molecular flexibility index (Phi) is 2.33. The molecule has 2 aromatic rings. The van der Waals surface area contributed by atoms with Crippen LogP contribution in [0, 0.1) is 0 Å². The predicted octanol–water partition coefficient (Wildman–Crippen LogP) is 3.25. The van der Waals surface area contributed by atoms with Gasteiger partial charge in [0.2, 0.25) is 0 Å². The van der Waals surface area contributed by atoms with E-state index in [1.54, 1.807) is 31.2 Å². The molecule has 110 valence electrons. The second-order valence-electron chi connectivity index (χ2n) is 5.03. The van der Waals surface area contributed by atoms with Crippen LogP contribution in [0.3, 0.4) is 0 Å². The van der Waals surface area contributed by atoms with Crippen molar-refractivity contribution in [2.45, 2.75) is 22.8 Å². The minimum Gasteiger partial charge on any atom is -0.338 e. The minimum absolute atomic E-state index is 0.127. The fourth-order valence-corrected chi connectivity index (χ4v) is 3.84. The van der Waals surface area contributed by atoms with Gasteiger partial charge in [0.1, 0.15) is 0 Å². The summed E-state index contributed by atoms with van der Waals surface area (Å²) in [6.07, 6.45) is 0. The Bertz CT molecular complexity index is 803. The molecule has 4 heteroatoms.